The Hall–Kier alpha value is -3.99. The number of methoxy groups -OCH3 is 1. The van der Waals surface area contributed by atoms with E-state index in [1.54, 1.807) is 45.2 Å². The highest BCUT2D eigenvalue weighted by Gasteiger charge is 2.35. The number of benzene rings is 3. The Balaban J connectivity index is 1.50. The van der Waals surface area contributed by atoms with E-state index in [-0.39, 0.29) is 16.6 Å². The lowest BCUT2D eigenvalue weighted by Gasteiger charge is -2.27. The molecule has 0 saturated heterocycles. The molecular weight excluding hydrogens is 532 g/mol. The third-order valence-electron chi connectivity index (χ3n) is 6.83. The fraction of sp³-hybridized carbons (Fsp3) is 0.267. The number of rotatable bonds is 10. The van der Waals surface area contributed by atoms with Crippen LogP contribution in [0.3, 0.4) is 0 Å². The van der Waals surface area contributed by atoms with Gasteiger partial charge in [0.1, 0.15) is 11.6 Å². The molecule has 0 bridgehead atoms. The van der Waals surface area contributed by atoms with Gasteiger partial charge in [-0.1, -0.05) is 50.2 Å². The number of sulfonamides is 1. The minimum atomic E-state index is -4.00. The quantitative estimate of drug-likeness (QED) is 0.259. The molecule has 10 heteroatoms. The lowest BCUT2D eigenvalue weighted by Crippen LogP contribution is -2.45. The van der Waals surface area contributed by atoms with Gasteiger partial charge < -0.3 is 19.6 Å². The molecule has 0 unspecified atom stereocenters. The maximum absolute atomic E-state index is 13.0. The van der Waals surface area contributed by atoms with Crippen LogP contribution in [0.1, 0.15) is 35.5 Å². The third kappa shape index (κ3) is 5.65. The van der Waals surface area contributed by atoms with Gasteiger partial charge in [0.15, 0.2) is 5.76 Å². The first-order valence-electron chi connectivity index (χ1n) is 12.7. The molecule has 210 valence electrons. The van der Waals surface area contributed by atoms with E-state index >= 15 is 0 Å². The Morgan fingerprint density at radius 1 is 1.00 bits per heavy atom. The van der Waals surface area contributed by atoms with E-state index in [4.69, 9.17) is 9.15 Å². The third-order valence-corrected chi connectivity index (χ3v) is 8.68. The second-order valence-corrected chi connectivity index (χ2v) is 11.9. The van der Waals surface area contributed by atoms with Gasteiger partial charge in [-0.15, -0.1) is 0 Å². The number of ether oxygens (including phenoxy) is 1. The summed E-state index contributed by atoms with van der Waals surface area (Å²) in [7, 11) is -1.11. The predicted octanol–water partition coefficient (Wildman–Crippen LogP) is 5.54. The average Bonchev–Trinajstić information content (AvgIpc) is 3.26. The summed E-state index contributed by atoms with van der Waals surface area (Å²) in [5.74, 6) is -1.74. The van der Waals surface area contributed by atoms with Crippen molar-refractivity contribution in [2.24, 2.45) is 5.92 Å². The van der Waals surface area contributed by atoms with Crippen molar-refractivity contribution in [2.45, 2.75) is 38.3 Å². The van der Waals surface area contributed by atoms with Gasteiger partial charge in [0.2, 0.25) is 10.0 Å². The van der Waals surface area contributed by atoms with Gasteiger partial charge in [-0.05, 0) is 59.9 Å². The Morgan fingerprint density at radius 2 is 1.60 bits per heavy atom. The number of hydrogen-bond acceptors (Lipinski definition) is 6. The Bertz CT molecular complexity index is 1640. The van der Waals surface area contributed by atoms with Crippen molar-refractivity contribution in [3.05, 3.63) is 83.6 Å². The zero-order valence-electron chi connectivity index (χ0n) is 23.0. The number of amides is 1. The number of carbonyl (C=O) groups is 2. The Kier molecular flexibility index (Phi) is 8.43. The number of nitrogens with zero attached hydrogens (tertiary/aromatic N) is 1. The van der Waals surface area contributed by atoms with Crippen molar-refractivity contribution in [1.29, 1.82) is 0 Å². The first-order chi connectivity index (χ1) is 18.9. The minimum Gasteiger partial charge on any atom is -0.480 e. The van der Waals surface area contributed by atoms with Gasteiger partial charge in [0.05, 0.1) is 11.5 Å². The number of likely N-dealkylation sites (N-methyl/N-ethyl adjacent to an activating group) is 1. The van der Waals surface area contributed by atoms with E-state index in [0.717, 1.165) is 31.9 Å². The number of furan rings is 1. The zero-order chi connectivity index (χ0) is 29.2. The lowest BCUT2D eigenvalue weighted by atomic mass is 10.1. The predicted molar refractivity (Wildman–Crippen MR) is 153 cm³/mol. The van der Waals surface area contributed by atoms with Crippen LogP contribution in [0.2, 0.25) is 0 Å². The molecule has 40 heavy (non-hydrogen) atoms. The van der Waals surface area contributed by atoms with Crippen molar-refractivity contribution in [1.82, 2.24) is 4.31 Å². The number of fused-ring (bicyclic) bond motifs is 1. The molecule has 1 aromatic heterocycles. The van der Waals surface area contributed by atoms with E-state index in [2.05, 4.69) is 5.32 Å². The molecule has 0 aliphatic carbocycles. The highest BCUT2D eigenvalue weighted by molar-refractivity contribution is 7.89. The van der Waals surface area contributed by atoms with E-state index in [1.807, 2.05) is 37.3 Å². The van der Waals surface area contributed by atoms with Crippen molar-refractivity contribution >= 4 is 38.6 Å². The summed E-state index contributed by atoms with van der Waals surface area (Å²) < 4.78 is 38.1. The summed E-state index contributed by atoms with van der Waals surface area (Å²) >= 11 is 0. The molecular formula is C30H32N2O7S. The molecule has 0 aliphatic rings. The maximum atomic E-state index is 13.0. The molecule has 0 radical (unpaired) electrons. The molecule has 1 atom stereocenters. The second kappa shape index (κ2) is 11.6. The minimum absolute atomic E-state index is 0.00407. The number of carboxylic acids is 1. The Morgan fingerprint density at radius 3 is 2.15 bits per heavy atom. The summed E-state index contributed by atoms with van der Waals surface area (Å²) in [6, 6.07) is 17.8. The van der Waals surface area contributed by atoms with E-state index < -0.39 is 28.0 Å². The van der Waals surface area contributed by atoms with Gasteiger partial charge in [0.25, 0.3) is 5.91 Å². The molecule has 3 aromatic carbocycles. The number of carbonyl (C=O) groups excluding carboxylic acids is 1. The Labute approximate surface area is 233 Å². The summed E-state index contributed by atoms with van der Waals surface area (Å²) in [6.07, 6.45) is 0. The smallest absolute Gasteiger partial charge is 0.322 e. The number of anilines is 1. The van der Waals surface area contributed by atoms with Gasteiger partial charge in [-0.25, -0.2) is 8.42 Å². The van der Waals surface area contributed by atoms with Gasteiger partial charge in [0, 0.05) is 30.8 Å². The summed E-state index contributed by atoms with van der Waals surface area (Å²) in [5.41, 5.74) is 4.44. The zero-order valence-corrected chi connectivity index (χ0v) is 23.8. The SMILES string of the molecule is COCc1cccc2oc(C(=O)Nc3ccc(-c4ccc(S(=O)(=O)N(C)[C@H](C(=O)O)C(C)C)cc4)cc3)c(C)c12. The first-order valence-corrected chi connectivity index (χ1v) is 14.1. The van der Waals surface area contributed by atoms with Crippen LogP contribution < -0.4 is 5.32 Å². The number of aryl methyl sites for hydroxylation is 1. The van der Waals surface area contributed by atoms with E-state index in [0.29, 0.717) is 17.9 Å². The van der Waals surface area contributed by atoms with Crippen molar-refractivity contribution in [3.63, 3.8) is 0 Å². The van der Waals surface area contributed by atoms with Gasteiger partial charge in [-0.2, -0.15) is 4.31 Å². The highest BCUT2D eigenvalue weighted by atomic mass is 32.2. The van der Waals surface area contributed by atoms with Crippen LogP contribution in [0, 0.1) is 12.8 Å². The van der Waals surface area contributed by atoms with Crippen LogP contribution in [0.25, 0.3) is 22.1 Å². The van der Waals surface area contributed by atoms with Crippen molar-refractivity contribution < 1.29 is 32.3 Å². The molecule has 0 fully saturated rings. The van der Waals surface area contributed by atoms with E-state index in [1.165, 1.54) is 19.2 Å². The van der Waals surface area contributed by atoms with Gasteiger partial charge >= 0.3 is 5.97 Å². The average molecular weight is 565 g/mol. The van der Waals surface area contributed by atoms with Gasteiger partial charge in [-0.3, -0.25) is 9.59 Å². The van der Waals surface area contributed by atoms with Crippen LogP contribution in [0.4, 0.5) is 5.69 Å². The van der Waals surface area contributed by atoms with Crippen molar-refractivity contribution in [2.75, 3.05) is 19.5 Å². The monoisotopic (exact) mass is 564 g/mol. The normalized spacial score (nSPS) is 12.7. The molecule has 1 heterocycles. The fourth-order valence-corrected chi connectivity index (χ4v) is 6.25. The molecule has 0 spiro atoms. The van der Waals surface area contributed by atoms with Crippen LogP contribution in [-0.2, 0) is 26.2 Å². The van der Waals surface area contributed by atoms with Crippen LogP contribution in [0.15, 0.2) is 76.0 Å². The van der Waals surface area contributed by atoms with Crippen LogP contribution >= 0.6 is 0 Å². The second-order valence-electron chi connectivity index (χ2n) is 9.88. The largest absolute Gasteiger partial charge is 0.480 e. The molecule has 4 rings (SSSR count). The first kappa shape index (κ1) is 29.0. The highest BCUT2D eigenvalue weighted by Crippen LogP contribution is 2.30. The van der Waals surface area contributed by atoms with Crippen molar-refractivity contribution in [3.8, 4) is 11.1 Å². The fourth-order valence-electron chi connectivity index (χ4n) is 4.81. The molecule has 9 nitrogen and oxygen atoms in total. The molecule has 0 aliphatic heterocycles. The molecule has 4 aromatic rings. The number of hydrogen-bond donors (Lipinski definition) is 2. The number of aliphatic carboxylic acids is 1. The molecule has 1 amide bonds. The molecule has 2 N–H and O–H groups in total. The standard InChI is InChI=1S/C30H32N2O7S/c1-18(2)27(30(34)35)32(4)40(36,37)24-15-11-21(12-16-24)20-9-13-23(14-10-20)31-29(33)28-19(3)26-22(17-38-5)7-6-8-25(26)39-28/h6-16,18,27H,17H2,1-5H3,(H,31,33)(H,34,35)/t27-/m0/s1. The number of nitrogens with one attached hydrogen (secondary N) is 1. The summed E-state index contributed by atoms with van der Waals surface area (Å²) in [4.78, 5) is 24.6. The van der Waals surface area contributed by atoms with E-state index in [9.17, 15) is 23.1 Å². The topological polar surface area (TPSA) is 126 Å². The van der Waals surface area contributed by atoms with Crippen LogP contribution in [-0.4, -0.2) is 49.9 Å². The molecule has 0 saturated carbocycles. The summed E-state index contributed by atoms with van der Waals surface area (Å²) in [5, 5.41) is 13.2. The number of carboxylic acid groups (broad SMARTS) is 1. The summed E-state index contributed by atoms with van der Waals surface area (Å²) in [6.45, 7) is 5.58. The van der Waals surface area contributed by atoms with Crippen LogP contribution in [0.5, 0.6) is 0 Å². The maximum Gasteiger partial charge on any atom is 0.322 e. The lowest BCUT2D eigenvalue weighted by molar-refractivity contribution is -0.142.